The van der Waals surface area contributed by atoms with E-state index in [2.05, 4.69) is 182 Å². The van der Waals surface area contributed by atoms with Gasteiger partial charge in [-0.05, 0) is 69.0 Å². The average Bonchev–Trinajstić information content (AvgIpc) is 3.13. The van der Waals surface area contributed by atoms with Crippen LogP contribution in [0.2, 0.25) is 0 Å². The van der Waals surface area contributed by atoms with Gasteiger partial charge in [0, 0.05) is 10.9 Å². The summed E-state index contributed by atoms with van der Waals surface area (Å²) in [5, 5.41) is 7.71. The molecule has 212 valence electrons. The van der Waals surface area contributed by atoms with Crippen LogP contribution in [-0.2, 0) is 0 Å². The Morgan fingerprint density at radius 2 is 0.889 bits per heavy atom. The van der Waals surface area contributed by atoms with Gasteiger partial charge in [0.1, 0.15) is 0 Å². The van der Waals surface area contributed by atoms with Gasteiger partial charge in [0.2, 0.25) is 0 Å². The highest BCUT2D eigenvalue weighted by Gasteiger charge is 2.18. The molecule has 0 spiro atoms. The van der Waals surface area contributed by atoms with Crippen LogP contribution in [0.15, 0.2) is 182 Å². The van der Waals surface area contributed by atoms with Gasteiger partial charge in [-0.25, -0.2) is 4.98 Å². The van der Waals surface area contributed by atoms with Crippen LogP contribution in [0.3, 0.4) is 0 Å². The van der Waals surface area contributed by atoms with Crippen molar-refractivity contribution in [3.63, 3.8) is 0 Å². The Kier molecular flexibility index (Phi) is 7.23. The molecule has 2 heteroatoms. The third kappa shape index (κ3) is 5.22. The van der Waals surface area contributed by atoms with Crippen molar-refractivity contribution in [3.8, 4) is 33.5 Å². The molecule has 1 aromatic heterocycles. The molecule has 45 heavy (non-hydrogen) atoms. The minimum atomic E-state index is -0.646. The number of benzene rings is 7. The lowest BCUT2D eigenvalue weighted by molar-refractivity contribution is 1.40. The second-order valence-electron chi connectivity index (χ2n) is 11.2. The number of hydrogen-bond acceptors (Lipinski definition) is 1. The predicted octanol–water partition coefficient (Wildman–Crippen LogP) is 10.1. The molecular weight excluding hydrogens is 561 g/mol. The van der Waals surface area contributed by atoms with Crippen LogP contribution in [0.1, 0.15) is 0 Å². The summed E-state index contributed by atoms with van der Waals surface area (Å²) in [6.07, 6.45) is 0. The molecule has 0 atom stereocenters. The molecule has 0 aliphatic rings. The Morgan fingerprint density at radius 1 is 0.356 bits per heavy atom. The Morgan fingerprint density at radius 3 is 1.51 bits per heavy atom. The Hall–Kier alpha value is -5.36. The fraction of sp³-hybridized carbons (Fsp3) is 0. The lowest BCUT2D eigenvalue weighted by Gasteiger charge is -2.20. The van der Waals surface area contributed by atoms with Gasteiger partial charge in [0.15, 0.2) is 0 Å². The number of rotatable bonds is 6. The lowest BCUT2D eigenvalue weighted by atomic mass is 9.91. The Balaban J connectivity index is 1.28. The summed E-state index contributed by atoms with van der Waals surface area (Å²) >= 11 is 0. The third-order valence-electron chi connectivity index (χ3n) is 8.45. The largest absolute Gasteiger partial charge is 0.248 e. The fourth-order valence-electron chi connectivity index (χ4n) is 6.34. The number of fused-ring (bicyclic) bond motifs is 3. The highest BCUT2D eigenvalue weighted by atomic mass is 31.1. The highest BCUT2D eigenvalue weighted by Crippen LogP contribution is 2.40. The van der Waals surface area contributed by atoms with Crippen LogP contribution in [0.5, 0.6) is 0 Å². The quantitative estimate of drug-likeness (QED) is 0.139. The van der Waals surface area contributed by atoms with Crippen molar-refractivity contribution in [2.45, 2.75) is 0 Å². The molecule has 8 rings (SSSR count). The third-order valence-corrected chi connectivity index (χ3v) is 10.9. The molecule has 0 amide bonds. The van der Waals surface area contributed by atoms with E-state index in [1.54, 1.807) is 0 Å². The van der Waals surface area contributed by atoms with E-state index in [0.717, 1.165) is 16.8 Å². The molecule has 8 aromatic rings. The topological polar surface area (TPSA) is 12.9 Å². The second kappa shape index (κ2) is 12.0. The Labute approximate surface area is 265 Å². The van der Waals surface area contributed by atoms with E-state index >= 15 is 0 Å². The summed E-state index contributed by atoms with van der Waals surface area (Å²) < 4.78 is 0. The van der Waals surface area contributed by atoms with Gasteiger partial charge < -0.3 is 0 Å². The fourth-order valence-corrected chi connectivity index (χ4v) is 8.62. The van der Waals surface area contributed by atoms with Crippen LogP contribution < -0.4 is 15.9 Å². The van der Waals surface area contributed by atoms with E-state index in [4.69, 9.17) is 4.98 Å². The van der Waals surface area contributed by atoms with E-state index in [1.165, 1.54) is 54.3 Å². The van der Waals surface area contributed by atoms with Crippen molar-refractivity contribution < 1.29 is 0 Å². The van der Waals surface area contributed by atoms with Crippen LogP contribution in [0.4, 0.5) is 0 Å². The lowest BCUT2D eigenvalue weighted by Crippen LogP contribution is -2.20. The first-order valence-electron chi connectivity index (χ1n) is 15.3. The number of aromatic nitrogens is 1. The molecule has 1 heterocycles. The molecule has 0 N–H and O–H groups in total. The molecule has 0 fully saturated rings. The van der Waals surface area contributed by atoms with Gasteiger partial charge in [-0.2, -0.15) is 0 Å². The van der Waals surface area contributed by atoms with Crippen molar-refractivity contribution in [1.29, 1.82) is 0 Å². The maximum atomic E-state index is 5.17. The number of nitrogens with zero attached hydrogens (tertiary/aromatic N) is 1. The SMILES string of the molecule is c1ccc(-c2cc(-c3ccccc3)c3c(ccc4c(-c5ccc(P(c6ccccc6)c6ccccc6)cc5)cccc43)n2)cc1. The summed E-state index contributed by atoms with van der Waals surface area (Å²) in [5.74, 6) is 0. The predicted molar refractivity (Wildman–Crippen MR) is 194 cm³/mol. The summed E-state index contributed by atoms with van der Waals surface area (Å²) in [6.45, 7) is 0. The monoisotopic (exact) mass is 591 g/mol. The maximum absolute atomic E-state index is 5.17. The minimum absolute atomic E-state index is 0.646. The smallest absolute Gasteiger partial charge is 0.0722 e. The normalized spacial score (nSPS) is 11.3. The highest BCUT2D eigenvalue weighted by molar-refractivity contribution is 7.79. The first kappa shape index (κ1) is 27.2. The average molecular weight is 592 g/mol. The zero-order valence-electron chi connectivity index (χ0n) is 24.7. The molecule has 0 unspecified atom stereocenters. The molecule has 0 aliphatic carbocycles. The maximum Gasteiger partial charge on any atom is 0.0722 e. The van der Waals surface area contributed by atoms with Gasteiger partial charge in [-0.15, -0.1) is 0 Å². The van der Waals surface area contributed by atoms with E-state index < -0.39 is 7.92 Å². The minimum Gasteiger partial charge on any atom is -0.248 e. The zero-order chi connectivity index (χ0) is 30.0. The number of hydrogen-bond donors (Lipinski definition) is 0. The number of pyridine rings is 1. The van der Waals surface area contributed by atoms with Crippen LogP contribution in [0.25, 0.3) is 55.2 Å². The van der Waals surface area contributed by atoms with E-state index in [1.807, 2.05) is 0 Å². The molecule has 0 saturated carbocycles. The van der Waals surface area contributed by atoms with Crippen molar-refractivity contribution in [3.05, 3.63) is 182 Å². The standard InChI is InChI=1S/C43H30NP/c1-5-14-31(15-6-1)40-30-42(33-16-7-2-8-17-33)44-41-29-28-38-37(22-13-23-39(38)43(40)41)32-24-26-36(27-25-32)45(34-18-9-3-10-19-34)35-20-11-4-12-21-35/h1-30H. The first-order valence-corrected chi connectivity index (χ1v) is 16.7. The van der Waals surface area contributed by atoms with Crippen LogP contribution in [0, 0.1) is 0 Å². The summed E-state index contributed by atoms with van der Waals surface area (Å²) in [5.41, 5.74) is 7.96. The van der Waals surface area contributed by atoms with Gasteiger partial charge in [0.25, 0.3) is 0 Å². The molecule has 0 aliphatic heterocycles. The van der Waals surface area contributed by atoms with Crippen LogP contribution >= 0.6 is 7.92 Å². The summed E-state index contributed by atoms with van der Waals surface area (Å²) in [7, 11) is -0.646. The van der Waals surface area contributed by atoms with E-state index in [-0.39, 0.29) is 0 Å². The van der Waals surface area contributed by atoms with Crippen molar-refractivity contribution in [2.75, 3.05) is 0 Å². The van der Waals surface area contributed by atoms with E-state index in [0.29, 0.717) is 0 Å². The van der Waals surface area contributed by atoms with Gasteiger partial charge in [0.05, 0.1) is 11.2 Å². The van der Waals surface area contributed by atoms with Crippen molar-refractivity contribution in [2.24, 2.45) is 0 Å². The molecule has 7 aromatic carbocycles. The van der Waals surface area contributed by atoms with E-state index in [9.17, 15) is 0 Å². The van der Waals surface area contributed by atoms with Gasteiger partial charge >= 0.3 is 0 Å². The molecule has 0 bridgehead atoms. The van der Waals surface area contributed by atoms with Crippen molar-refractivity contribution in [1.82, 2.24) is 4.98 Å². The summed E-state index contributed by atoms with van der Waals surface area (Å²) in [6, 6.07) is 65.5. The zero-order valence-corrected chi connectivity index (χ0v) is 25.6. The van der Waals surface area contributed by atoms with Crippen LogP contribution in [-0.4, -0.2) is 4.98 Å². The van der Waals surface area contributed by atoms with Gasteiger partial charge in [-0.3, -0.25) is 0 Å². The first-order chi connectivity index (χ1) is 22.3. The Bertz CT molecular complexity index is 2190. The molecular formula is C43H30NP. The molecule has 0 radical (unpaired) electrons. The molecule has 0 saturated heterocycles. The molecule has 1 nitrogen and oxygen atoms in total. The second-order valence-corrected chi connectivity index (χ2v) is 13.4. The van der Waals surface area contributed by atoms with Crippen molar-refractivity contribution >= 4 is 45.5 Å². The van der Waals surface area contributed by atoms with Gasteiger partial charge in [-0.1, -0.05) is 170 Å². The summed E-state index contributed by atoms with van der Waals surface area (Å²) in [4.78, 5) is 5.17.